The molecule has 1 aromatic carbocycles. The molecule has 0 unspecified atom stereocenters. The smallest absolute Gasteiger partial charge is 0.423 e. The Labute approximate surface area is 175 Å². The van der Waals surface area contributed by atoms with E-state index < -0.39 is 12.9 Å². The molecule has 2 N–H and O–H groups in total. The predicted octanol–water partition coefficient (Wildman–Crippen LogP) is 3.08. The number of fused-ring (bicyclic) bond motifs is 2. The number of halogens is 2. The topological polar surface area (TPSA) is 83.5 Å². The van der Waals surface area contributed by atoms with Gasteiger partial charge in [-0.1, -0.05) is 17.7 Å². The second-order valence-corrected chi connectivity index (χ2v) is 7.18. The molecule has 0 aliphatic heterocycles. The molecule has 0 saturated carbocycles. The van der Waals surface area contributed by atoms with Gasteiger partial charge < -0.3 is 10.0 Å². The molecule has 9 heteroatoms. The fourth-order valence-electron chi connectivity index (χ4n) is 3.40. The van der Waals surface area contributed by atoms with Gasteiger partial charge in [-0.3, -0.25) is 9.38 Å². The summed E-state index contributed by atoms with van der Waals surface area (Å²) in [5, 5.41) is 19.3. The number of imidazole rings is 1. The summed E-state index contributed by atoms with van der Waals surface area (Å²) < 4.78 is 16.5. The second-order valence-electron chi connectivity index (χ2n) is 6.74. The van der Waals surface area contributed by atoms with Crippen LogP contribution in [0.15, 0.2) is 67.0 Å². The first-order chi connectivity index (χ1) is 14.5. The van der Waals surface area contributed by atoms with Crippen molar-refractivity contribution in [3.63, 3.8) is 0 Å². The molecule has 30 heavy (non-hydrogen) atoms. The van der Waals surface area contributed by atoms with Gasteiger partial charge in [-0.25, -0.2) is 14.4 Å². The SMILES string of the molecule is OB(O)c1cnc2ccc(-c3c(-c4cc(Cl)ccc4F)nc4ccccn34)nc2c1. The average Bonchev–Trinajstić information content (AvgIpc) is 3.14. The van der Waals surface area contributed by atoms with Crippen LogP contribution in [0.25, 0.3) is 39.3 Å². The van der Waals surface area contributed by atoms with E-state index in [0.717, 1.165) is 0 Å². The molecule has 0 aliphatic carbocycles. The molecule has 0 fully saturated rings. The van der Waals surface area contributed by atoms with Gasteiger partial charge in [-0.2, -0.15) is 0 Å². The highest BCUT2D eigenvalue weighted by atomic mass is 35.5. The van der Waals surface area contributed by atoms with E-state index in [-0.39, 0.29) is 11.0 Å². The number of aromatic nitrogens is 4. The zero-order valence-corrected chi connectivity index (χ0v) is 16.1. The monoisotopic (exact) mass is 418 g/mol. The molecule has 0 amide bonds. The van der Waals surface area contributed by atoms with E-state index >= 15 is 0 Å². The lowest BCUT2D eigenvalue weighted by Gasteiger charge is -2.08. The summed E-state index contributed by atoms with van der Waals surface area (Å²) in [7, 11) is -1.65. The van der Waals surface area contributed by atoms with Crippen molar-refractivity contribution < 1.29 is 14.4 Å². The second kappa shape index (κ2) is 7.18. The van der Waals surface area contributed by atoms with Crippen molar-refractivity contribution in [2.75, 3.05) is 0 Å². The zero-order chi connectivity index (χ0) is 20.8. The summed E-state index contributed by atoms with van der Waals surface area (Å²) in [6, 6.07) is 14.9. The average molecular weight is 419 g/mol. The van der Waals surface area contributed by atoms with Crippen LogP contribution in [-0.4, -0.2) is 36.5 Å². The summed E-state index contributed by atoms with van der Waals surface area (Å²) in [4.78, 5) is 13.5. The largest absolute Gasteiger partial charge is 0.490 e. The third kappa shape index (κ3) is 3.11. The first-order valence-corrected chi connectivity index (χ1v) is 9.45. The fraction of sp³-hybridized carbons (Fsp3) is 0. The normalized spacial score (nSPS) is 11.3. The van der Waals surface area contributed by atoms with Gasteiger partial charge in [0.1, 0.15) is 17.2 Å². The van der Waals surface area contributed by atoms with E-state index in [1.165, 1.54) is 24.4 Å². The van der Waals surface area contributed by atoms with E-state index in [0.29, 0.717) is 38.8 Å². The summed E-state index contributed by atoms with van der Waals surface area (Å²) >= 11 is 6.12. The van der Waals surface area contributed by atoms with Crippen molar-refractivity contribution >= 4 is 40.9 Å². The number of pyridine rings is 3. The highest BCUT2D eigenvalue weighted by Gasteiger charge is 2.20. The molecule has 0 saturated heterocycles. The molecule has 0 atom stereocenters. The van der Waals surface area contributed by atoms with Crippen LogP contribution in [-0.2, 0) is 0 Å². The van der Waals surface area contributed by atoms with E-state index in [2.05, 4.69) is 15.0 Å². The summed E-state index contributed by atoms with van der Waals surface area (Å²) in [5.41, 5.74) is 3.70. The van der Waals surface area contributed by atoms with Gasteiger partial charge in [-0.05, 0) is 48.5 Å². The van der Waals surface area contributed by atoms with Crippen molar-refractivity contribution in [1.29, 1.82) is 0 Å². The van der Waals surface area contributed by atoms with Crippen LogP contribution in [0.5, 0.6) is 0 Å². The van der Waals surface area contributed by atoms with Crippen LogP contribution >= 0.6 is 11.6 Å². The van der Waals surface area contributed by atoms with Gasteiger partial charge >= 0.3 is 7.12 Å². The molecule has 0 bridgehead atoms. The van der Waals surface area contributed by atoms with Crippen molar-refractivity contribution in [1.82, 2.24) is 19.4 Å². The highest BCUT2D eigenvalue weighted by Crippen LogP contribution is 2.35. The van der Waals surface area contributed by atoms with E-state index in [1.807, 2.05) is 28.8 Å². The lowest BCUT2D eigenvalue weighted by molar-refractivity contribution is 0.425. The Bertz CT molecular complexity index is 1420. The van der Waals surface area contributed by atoms with Crippen molar-refractivity contribution in [3.8, 4) is 22.6 Å². The standard InChI is InChI=1S/C21H13BClFN4O2/c23-13-4-5-15(24)14(10-13)20-21(28-8-2-1-3-19(28)27-20)17-7-6-16-18(26-17)9-12(11-25-16)22(29)30/h1-11,29-30H. The minimum atomic E-state index is -1.65. The Morgan fingerprint density at radius 1 is 0.967 bits per heavy atom. The van der Waals surface area contributed by atoms with Gasteiger partial charge in [-0.15, -0.1) is 0 Å². The fourth-order valence-corrected chi connectivity index (χ4v) is 3.57. The molecule has 6 nitrogen and oxygen atoms in total. The quantitative estimate of drug-likeness (QED) is 0.440. The van der Waals surface area contributed by atoms with Crippen molar-refractivity contribution in [2.24, 2.45) is 0 Å². The van der Waals surface area contributed by atoms with E-state index in [4.69, 9.17) is 11.6 Å². The summed E-state index contributed by atoms with van der Waals surface area (Å²) in [5.74, 6) is -0.447. The molecule has 0 radical (unpaired) electrons. The molecular weight excluding hydrogens is 406 g/mol. The van der Waals surface area contributed by atoms with Gasteiger partial charge in [0.05, 0.1) is 22.4 Å². The van der Waals surface area contributed by atoms with Crippen LogP contribution in [0, 0.1) is 5.82 Å². The summed E-state index contributed by atoms with van der Waals surface area (Å²) in [6.45, 7) is 0. The Balaban J connectivity index is 1.81. The number of hydrogen-bond acceptors (Lipinski definition) is 5. The lowest BCUT2D eigenvalue weighted by atomic mass is 9.81. The Hall–Kier alpha value is -3.33. The molecule has 5 aromatic rings. The van der Waals surface area contributed by atoms with Crippen molar-refractivity contribution in [2.45, 2.75) is 0 Å². The highest BCUT2D eigenvalue weighted by molar-refractivity contribution is 6.58. The van der Waals surface area contributed by atoms with Gasteiger partial charge in [0, 0.05) is 28.4 Å². The van der Waals surface area contributed by atoms with Crippen LogP contribution in [0.4, 0.5) is 4.39 Å². The van der Waals surface area contributed by atoms with Crippen molar-refractivity contribution in [3.05, 3.63) is 77.8 Å². The third-order valence-corrected chi connectivity index (χ3v) is 5.05. The maximum Gasteiger partial charge on any atom is 0.490 e. The van der Waals surface area contributed by atoms with E-state index in [9.17, 15) is 14.4 Å². The lowest BCUT2D eigenvalue weighted by Crippen LogP contribution is -2.30. The molecule has 0 spiro atoms. The number of nitrogens with zero attached hydrogens (tertiary/aromatic N) is 4. The zero-order valence-electron chi connectivity index (χ0n) is 15.4. The minimum absolute atomic E-state index is 0.228. The number of benzene rings is 1. The Kier molecular flexibility index (Phi) is 4.47. The maximum atomic E-state index is 14.7. The van der Waals surface area contributed by atoms with Gasteiger partial charge in [0.15, 0.2) is 0 Å². The molecule has 0 aliphatic rings. The first kappa shape index (κ1) is 18.7. The molecular formula is C21H13BClFN4O2. The first-order valence-electron chi connectivity index (χ1n) is 9.07. The molecule has 146 valence electrons. The Morgan fingerprint density at radius 3 is 2.67 bits per heavy atom. The van der Waals surface area contributed by atoms with Gasteiger partial charge in [0.25, 0.3) is 0 Å². The summed E-state index contributed by atoms with van der Waals surface area (Å²) in [6.07, 6.45) is 3.21. The maximum absolute atomic E-state index is 14.7. The molecule has 4 heterocycles. The van der Waals surface area contributed by atoms with Crippen LogP contribution in [0.1, 0.15) is 0 Å². The third-order valence-electron chi connectivity index (χ3n) is 4.81. The molecule has 4 aromatic heterocycles. The van der Waals surface area contributed by atoms with Crippen LogP contribution in [0.3, 0.4) is 0 Å². The van der Waals surface area contributed by atoms with Gasteiger partial charge in [0.2, 0.25) is 0 Å². The van der Waals surface area contributed by atoms with Crippen LogP contribution in [0.2, 0.25) is 5.02 Å². The van der Waals surface area contributed by atoms with Crippen LogP contribution < -0.4 is 5.46 Å². The molecule has 5 rings (SSSR count). The van der Waals surface area contributed by atoms with E-state index in [1.54, 1.807) is 18.2 Å². The number of hydrogen-bond donors (Lipinski definition) is 2. The minimum Gasteiger partial charge on any atom is -0.423 e. The predicted molar refractivity (Wildman–Crippen MR) is 114 cm³/mol. The number of rotatable bonds is 3. The Morgan fingerprint density at radius 2 is 1.83 bits per heavy atom.